The van der Waals surface area contributed by atoms with E-state index in [1.807, 2.05) is 42.6 Å². The number of nitrogens with one attached hydrogen (secondary N) is 2. The highest BCUT2D eigenvalue weighted by molar-refractivity contribution is 5.79. The minimum Gasteiger partial charge on any atom is -0.496 e. The summed E-state index contributed by atoms with van der Waals surface area (Å²) in [6.07, 6.45) is 4.40. The van der Waals surface area contributed by atoms with Crippen molar-refractivity contribution in [2.45, 2.75) is 25.9 Å². The maximum absolute atomic E-state index is 5.66. The summed E-state index contributed by atoms with van der Waals surface area (Å²) in [6, 6.07) is 11.9. The Hall–Kier alpha value is -2.76. The molecule has 0 unspecified atom stereocenters. The number of aromatic nitrogens is 1. The summed E-state index contributed by atoms with van der Waals surface area (Å²) >= 11 is 0. The van der Waals surface area contributed by atoms with E-state index in [0.717, 1.165) is 35.4 Å². The summed E-state index contributed by atoms with van der Waals surface area (Å²) < 4.78 is 11.0. The van der Waals surface area contributed by atoms with Crippen molar-refractivity contribution < 1.29 is 9.47 Å². The first-order valence-corrected chi connectivity index (χ1v) is 8.92. The molecule has 1 aliphatic rings. The lowest BCUT2D eigenvalue weighted by Crippen LogP contribution is -2.36. The molecule has 138 valence electrons. The molecule has 0 saturated heterocycles. The van der Waals surface area contributed by atoms with Gasteiger partial charge in [0.2, 0.25) is 5.88 Å². The smallest absolute Gasteiger partial charge is 0.213 e. The summed E-state index contributed by atoms with van der Waals surface area (Å²) in [5.74, 6) is 3.02. The Morgan fingerprint density at radius 2 is 1.96 bits per heavy atom. The Labute approximate surface area is 154 Å². The lowest BCUT2D eigenvalue weighted by Gasteiger charge is -2.14. The molecule has 1 aliphatic carbocycles. The summed E-state index contributed by atoms with van der Waals surface area (Å²) in [5.41, 5.74) is 2.15. The molecule has 26 heavy (non-hydrogen) atoms. The van der Waals surface area contributed by atoms with Crippen LogP contribution in [0.25, 0.3) is 0 Å². The minimum absolute atomic E-state index is 0.635. The molecule has 6 heteroatoms. The van der Waals surface area contributed by atoms with Crippen molar-refractivity contribution in [1.29, 1.82) is 0 Å². The van der Waals surface area contributed by atoms with Crippen molar-refractivity contribution in [2.24, 2.45) is 10.9 Å². The number of benzene rings is 1. The number of hydrogen-bond donors (Lipinski definition) is 2. The molecule has 0 spiro atoms. The molecule has 0 bridgehead atoms. The van der Waals surface area contributed by atoms with E-state index in [1.54, 1.807) is 14.2 Å². The Kier molecular flexibility index (Phi) is 6.30. The highest BCUT2D eigenvalue weighted by Crippen LogP contribution is 2.29. The van der Waals surface area contributed by atoms with Crippen LogP contribution in [0.4, 0.5) is 0 Å². The van der Waals surface area contributed by atoms with Gasteiger partial charge in [0.05, 0.1) is 13.7 Å². The van der Waals surface area contributed by atoms with E-state index in [0.29, 0.717) is 19.0 Å². The van der Waals surface area contributed by atoms with Crippen molar-refractivity contribution >= 4 is 5.96 Å². The number of para-hydroxylation sites is 1. The Bertz CT molecular complexity index is 727. The lowest BCUT2D eigenvalue weighted by molar-refractivity contribution is 0.288. The van der Waals surface area contributed by atoms with Crippen LogP contribution in [0.15, 0.2) is 47.6 Å². The molecule has 0 amide bonds. The number of methoxy groups -OCH3 is 1. The molecule has 0 radical (unpaired) electrons. The van der Waals surface area contributed by atoms with Gasteiger partial charge in [-0.25, -0.2) is 4.98 Å². The van der Waals surface area contributed by atoms with Crippen LogP contribution in [0.5, 0.6) is 11.6 Å². The fraction of sp³-hybridized carbons (Fsp3) is 0.400. The third-order valence-corrected chi connectivity index (χ3v) is 4.28. The SMILES string of the molecule is CN=C(NCc1ccc(OCC2CC2)nc1)NCc1ccccc1OC. The van der Waals surface area contributed by atoms with Gasteiger partial charge >= 0.3 is 0 Å². The van der Waals surface area contributed by atoms with Gasteiger partial charge in [0, 0.05) is 38.0 Å². The van der Waals surface area contributed by atoms with Crippen LogP contribution in [-0.2, 0) is 13.1 Å². The van der Waals surface area contributed by atoms with Crippen LogP contribution >= 0.6 is 0 Å². The molecular weight excluding hydrogens is 328 g/mol. The fourth-order valence-electron chi connectivity index (χ4n) is 2.52. The molecule has 2 aromatic rings. The zero-order valence-corrected chi connectivity index (χ0v) is 15.4. The minimum atomic E-state index is 0.635. The highest BCUT2D eigenvalue weighted by atomic mass is 16.5. The maximum Gasteiger partial charge on any atom is 0.213 e. The molecule has 0 aliphatic heterocycles. The van der Waals surface area contributed by atoms with E-state index < -0.39 is 0 Å². The number of guanidine groups is 1. The topological polar surface area (TPSA) is 67.8 Å². The number of nitrogens with zero attached hydrogens (tertiary/aromatic N) is 2. The van der Waals surface area contributed by atoms with Crippen LogP contribution < -0.4 is 20.1 Å². The molecule has 2 N–H and O–H groups in total. The van der Waals surface area contributed by atoms with Gasteiger partial charge in [0.1, 0.15) is 5.75 Å². The average molecular weight is 354 g/mol. The maximum atomic E-state index is 5.66. The third-order valence-electron chi connectivity index (χ3n) is 4.28. The predicted molar refractivity (Wildman–Crippen MR) is 102 cm³/mol. The number of aliphatic imine (C=N–C) groups is 1. The van der Waals surface area contributed by atoms with Gasteiger partial charge < -0.3 is 20.1 Å². The molecule has 3 rings (SSSR count). The van der Waals surface area contributed by atoms with Gasteiger partial charge in [-0.1, -0.05) is 24.3 Å². The van der Waals surface area contributed by atoms with Crippen LogP contribution in [0.1, 0.15) is 24.0 Å². The molecule has 1 aromatic heterocycles. The summed E-state index contributed by atoms with van der Waals surface area (Å²) in [6.45, 7) is 2.06. The first-order chi connectivity index (χ1) is 12.8. The van der Waals surface area contributed by atoms with Gasteiger partial charge in [0.25, 0.3) is 0 Å². The zero-order valence-electron chi connectivity index (χ0n) is 15.4. The number of ether oxygens (including phenoxy) is 2. The second-order valence-electron chi connectivity index (χ2n) is 6.35. The molecule has 1 saturated carbocycles. The standard InChI is InChI=1S/C20H26N4O2/c1-21-20(24-13-17-5-3-4-6-18(17)25-2)23-12-16-9-10-19(22-11-16)26-14-15-7-8-15/h3-6,9-11,15H,7-8,12-14H2,1-2H3,(H2,21,23,24). The number of rotatable bonds is 8. The normalized spacial score (nSPS) is 14.0. The van der Waals surface area contributed by atoms with Gasteiger partial charge in [0.15, 0.2) is 5.96 Å². The molecule has 1 aromatic carbocycles. The van der Waals surface area contributed by atoms with Crippen LogP contribution in [0.2, 0.25) is 0 Å². The largest absolute Gasteiger partial charge is 0.496 e. The lowest BCUT2D eigenvalue weighted by atomic mass is 10.2. The summed E-state index contributed by atoms with van der Waals surface area (Å²) in [5, 5.41) is 6.59. The first-order valence-electron chi connectivity index (χ1n) is 8.92. The zero-order chi connectivity index (χ0) is 18.2. The highest BCUT2D eigenvalue weighted by Gasteiger charge is 2.22. The van der Waals surface area contributed by atoms with Crippen molar-refractivity contribution in [3.8, 4) is 11.6 Å². The van der Waals surface area contributed by atoms with Crippen molar-refractivity contribution in [3.63, 3.8) is 0 Å². The molecule has 1 fully saturated rings. The third kappa shape index (κ3) is 5.37. The van der Waals surface area contributed by atoms with Gasteiger partial charge in [-0.2, -0.15) is 0 Å². The monoisotopic (exact) mass is 354 g/mol. The van der Waals surface area contributed by atoms with Crippen molar-refractivity contribution in [3.05, 3.63) is 53.7 Å². The predicted octanol–water partition coefficient (Wildman–Crippen LogP) is 2.74. The number of pyridine rings is 1. The van der Waals surface area contributed by atoms with E-state index in [1.165, 1.54) is 12.8 Å². The Morgan fingerprint density at radius 1 is 1.15 bits per heavy atom. The first kappa shape index (κ1) is 18.0. The van der Waals surface area contributed by atoms with Gasteiger partial charge in [-0.15, -0.1) is 0 Å². The summed E-state index contributed by atoms with van der Waals surface area (Å²) in [7, 11) is 3.43. The molecule has 0 atom stereocenters. The van der Waals surface area contributed by atoms with E-state index in [4.69, 9.17) is 9.47 Å². The van der Waals surface area contributed by atoms with Crippen LogP contribution in [-0.4, -0.2) is 31.7 Å². The second-order valence-corrected chi connectivity index (χ2v) is 6.35. The van der Waals surface area contributed by atoms with E-state index in [2.05, 4.69) is 20.6 Å². The van der Waals surface area contributed by atoms with Crippen molar-refractivity contribution in [1.82, 2.24) is 15.6 Å². The van der Waals surface area contributed by atoms with Gasteiger partial charge in [-0.05, 0) is 30.4 Å². The van der Waals surface area contributed by atoms with E-state index in [-0.39, 0.29) is 0 Å². The van der Waals surface area contributed by atoms with Crippen molar-refractivity contribution in [2.75, 3.05) is 20.8 Å². The van der Waals surface area contributed by atoms with Crippen LogP contribution in [0.3, 0.4) is 0 Å². The molecular formula is C20H26N4O2. The quantitative estimate of drug-likeness (QED) is 0.564. The summed E-state index contributed by atoms with van der Waals surface area (Å²) in [4.78, 5) is 8.61. The average Bonchev–Trinajstić information content (AvgIpc) is 3.52. The van der Waals surface area contributed by atoms with Crippen LogP contribution in [0, 0.1) is 5.92 Å². The van der Waals surface area contributed by atoms with E-state index in [9.17, 15) is 0 Å². The fourth-order valence-corrected chi connectivity index (χ4v) is 2.52. The Morgan fingerprint density at radius 3 is 2.65 bits per heavy atom. The second kappa shape index (κ2) is 9.08. The van der Waals surface area contributed by atoms with E-state index >= 15 is 0 Å². The molecule has 6 nitrogen and oxygen atoms in total. The Balaban J connectivity index is 1.46. The van der Waals surface area contributed by atoms with Gasteiger partial charge in [-0.3, -0.25) is 4.99 Å². The molecule has 1 heterocycles. The number of hydrogen-bond acceptors (Lipinski definition) is 4.